The number of benzene rings is 1. The maximum atomic E-state index is 12.9. The molecule has 12 heteroatoms. The van der Waals surface area contributed by atoms with Crippen molar-refractivity contribution in [1.82, 2.24) is 10.2 Å². The van der Waals surface area contributed by atoms with E-state index < -0.39 is 48.3 Å². The zero-order valence-corrected chi connectivity index (χ0v) is 15.6. The summed E-state index contributed by atoms with van der Waals surface area (Å²) in [7, 11) is 0. The molecular weight excluding hydrogens is 400 g/mol. The number of anilines is 1. The lowest BCUT2D eigenvalue weighted by Gasteiger charge is -2.27. The van der Waals surface area contributed by atoms with Crippen molar-refractivity contribution in [3.8, 4) is 0 Å². The molecule has 6 amide bonds. The molecule has 0 radical (unpaired) electrons. The Morgan fingerprint density at radius 1 is 1.17 bits per heavy atom. The van der Waals surface area contributed by atoms with Gasteiger partial charge in [0.2, 0.25) is 17.7 Å². The molecule has 1 unspecified atom stereocenters. The highest BCUT2D eigenvalue weighted by Gasteiger charge is 2.45. The molecule has 0 spiro atoms. The van der Waals surface area contributed by atoms with Crippen LogP contribution in [0, 0.1) is 0 Å². The highest BCUT2D eigenvalue weighted by atomic mass is 16.6. The van der Waals surface area contributed by atoms with Gasteiger partial charge in [-0.15, -0.1) is 0 Å². The van der Waals surface area contributed by atoms with Crippen molar-refractivity contribution >= 4 is 41.3 Å². The fourth-order valence-electron chi connectivity index (χ4n) is 3.17. The maximum absolute atomic E-state index is 12.9. The molecule has 158 valence electrons. The van der Waals surface area contributed by atoms with Gasteiger partial charge in [0.05, 0.1) is 23.4 Å². The minimum Gasteiger partial charge on any atom is -0.447 e. The normalized spacial score (nSPS) is 18.1. The highest BCUT2D eigenvalue weighted by molar-refractivity contribution is 6.26. The standard InChI is InChI=1S/C18H18N4O8/c19-18(28)30-7-6-29-8-13(24)20-10-3-1-2-9-14(10)17(27)22(16(9)26)11-4-5-12(23)21-15(11)25/h1-3,11H,4-8H2,(H2,19,28)(H,20,24)(H,21,23,25). The first kappa shape index (κ1) is 20.9. The Balaban J connectivity index is 1.69. The lowest BCUT2D eigenvalue weighted by molar-refractivity contribution is -0.136. The summed E-state index contributed by atoms with van der Waals surface area (Å²) >= 11 is 0. The van der Waals surface area contributed by atoms with Gasteiger partial charge in [0, 0.05) is 6.42 Å². The fraction of sp³-hybridized carbons (Fsp3) is 0.333. The number of hydrogen-bond donors (Lipinski definition) is 3. The number of amides is 6. The molecule has 1 aromatic carbocycles. The molecule has 2 heterocycles. The summed E-state index contributed by atoms with van der Waals surface area (Å²) in [5.41, 5.74) is 4.87. The van der Waals surface area contributed by atoms with E-state index >= 15 is 0 Å². The van der Waals surface area contributed by atoms with Crippen LogP contribution < -0.4 is 16.4 Å². The number of carbonyl (C=O) groups excluding carboxylic acids is 6. The third-order valence-corrected chi connectivity index (χ3v) is 4.45. The van der Waals surface area contributed by atoms with E-state index in [-0.39, 0.29) is 42.9 Å². The van der Waals surface area contributed by atoms with Crippen LogP contribution in [0.5, 0.6) is 0 Å². The Kier molecular flexibility index (Phi) is 6.06. The number of ether oxygens (including phenoxy) is 2. The number of imide groups is 2. The van der Waals surface area contributed by atoms with Crippen LogP contribution in [0.3, 0.4) is 0 Å². The molecule has 30 heavy (non-hydrogen) atoms. The van der Waals surface area contributed by atoms with Crippen molar-refractivity contribution in [1.29, 1.82) is 0 Å². The first-order valence-corrected chi connectivity index (χ1v) is 8.94. The molecule has 1 saturated heterocycles. The summed E-state index contributed by atoms with van der Waals surface area (Å²) in [5.74, 6) is -3.22. The average Bonchev–Trinajstić information content (AvgIpc) is 2.93. The molecule has 0 saturated carbocycles. The highest BCUT2D eigenvalue weighted by Crippen LogP contribution is 2.32. The molecule has 1 atom stereocenters. The van der Waals surface area contributed by atoms with Gasteiger partial charge in [-0.1, -0.05) is 6.07 Å². The van der Waals surface area contributed by atoms with Crippen molar-refractivity contribution in [2.75, 3.05) is 25.1 Å². The van der Waals surface area contributed by atoms with E-state index in [1.165, 1.54) is 18.2 Å². The van der Waals surface area contributed by atoms with Gasteiger partial charge in [-0.2, -0.15) is 0 Å². The first-order valence-electron chi connectivity index (χ1n) is 8.94. The number of fused-ring (bicyclic) bond motifs is 1. The Bertz CT molecular complexity index is 944. The topological polar surface area (TPSA) is 174 Å². The largest absolute Gasteiger partial charge is 0.447 e. The smallest absolute Gasteiger partial charge is 0.404 e. The zero-order valence-electron chi connectivity index (χ0n) is 15.6. The second-order valence-electron chi connectivity index (χ2n) is 6.44. The van der Waals surface area contributed by atoms with Crippen LogP contribution in [0.25, 0.3) is 0 Å². The van der Waals surface area contributed by atoms with Gasteiger partial charge in [-0.3, -0.25) is 34.2 Å². The molecule has 1 aromatic rings. The molecule has 0 bridgehead atoms. The van der Waals surface area contributed by atoms with E-state index in [1.807, 2.05) is 0 Å². The molecule has 12 nitrogen and oxygen atoms in total. The van der Waals surface area contributed by atoms with Gasteiger partial charge in [0.15, 0.2) is 0 Å². The Hall–Kier alpha value is -3.80. The van der Waals surface area contributed by atoms with E-state index in [0.717, 1.165) is 4.90 Å². The summed E-state index contributed by atoms with van der Waals surface area (Å²) in [6, 6.07) is 3.22. The second kappa shape index (κ2) is 8.69. The number of rotatable bonds is 7. The summed E-state index contributed by atoms with van der Waals surface area (Å²) < 4.78 is 9.49. The van der Waals surface area contributed by atoms with Crippen molar-refractivity contribution in [2.45, 2.75) is 18.9 Å². The van der Waals surface area contributed by atoms with Crippen molar-refractivity contribution in [2.24, 2.45) is 5.73 Å². The fourth-order valence-corrected chi connectivity index (χ4v) is 3.17. The number of hydrogen-bond acceptors (Lipinski definition) is 8. The minimum absolute atomic E-state index is 0.00418. The predicted molar refractivity (Wildman–Crippen MR) is 98.1 cm³/mol. The number of nitrogens with one attached hydrogen (secondary N) is 2. The number of nitrogens with two attached hydrogens (primary N) is 1. The molecule has 3 rings (SSSR count). The summed E-state index contributed by atoms with van der Waals surface area (Å²) in [6.07, 6.45) is -0.935. The van der Waals surface area contributed by atoms with E-state index in [1.54, 1.807) is 0 Å². The van der Waals surface area contributed by atoms with Gasteiger partial charge in [-0.25, -0.2) is 4.79 Å². The van der Waals surface area contributed by atoms with Crippen LogP contribution in [0.15, 0.2) is 18.2 Å². The number of nitrogens with zero attached hydrogens (tertiary/aromatic N) is 1. The van der Waals surface area contributed by atoms with Crippen LogP contribution in [-0.4, -0.2) is 66.4 Å². The van der Waals surface area contributed by atoms with Gasteiger partial charge in [0.1, 0.15) is 19.3 Å². The van der Waals surface area contributed by atoms with Crippen molar-refractivity contribution in [3.05, 3.63) is 29.3 Å². The molecule has 0 aliphatic carbocycles. The van der Waals surface area contributed by atoms with Gasteiger partial charge >= 0.3 is 6.09 Å². The Morgan fingerprint density at radius 3 is 2.63 bits per heavy atom. The van der Waals surface area contributed by atoms with Crippen LogP contribution in [0.2, 0.25) is 0 Å². The molecule has 1 fully saturated rings. The average molecular weight is 418 g/mol. The van der Waals surface area contributed by atoms with E-state index in [2.05, 4.69) is 15.4 Å². The van der Waals surface area contributed by atoms with Crippen LogP contribution in [0.1, 0.15) is 33.6 Å². The van der Waals surface area contributed by atoms with E-state index in [9.17, 15) is 28.8 Å². The second-order valence-corrected chi connectivity index (χ2v) is 6.44. The van der Waals surface area contributed by atoms with Crippen molar-refractivity contribution in [3.63, 3.8) is 0 Å². The van der Waals surface area contributed by atoms with Crippen LogP contribution in [-0.2, 0) is 23.9 Å². The van der Waals surface area contributed by atoms with E-state index in [4.69, 9.17) is 10.5 Å². The summed E-state index contributed by atoms with van der Waals surface area (Å²) in [4.78, 5) is 72.4. The lowest BCUT2D eigenvalue weighted by atomic mass is 10.0. The number of primary amides is 1. The van der Waals surface area contributed by atoms with Gasteiger partial charge in [-0.05, 0) is 18.6 Å². The molecule has 2 aliphatic heterocycles. The zero-order chi connectivity index (χ0) is 21.8. The van der Waals surface area contributed by atoms with Crippen molar-refractivity contribution < 1.29 is 38.2 Å². The number of carbonyl (C=O) groups is 6. The van der Waals surface area contributed by atoms with Gasteiger partial charge in [0.25, 0.3) is 11.8 Å². The van der Waals surface area contributed by atoms with E-state index in [0.29, 0.717) is 0 Å². The lowest BCUT2D eigenvalue weighted by Crippen LogP contribution is -2.54. The summed E-state index contributed by atoms with van der Waals surface area (Å²) in [6.45, 7) is -0.591. The Morgan fingerprint density at radius 2 is 1.93 bits per heavy atom. The third kappa shape index (κ3) is 4.27. The molecular formula is C18H18N4O8. The monoisotopic (exact) mass is 418 g/mol. The quantitative estimate of drug-likeness (QED) is 0.379. The minimum atomic E-state index is -1.10. The molecule has 0 aromatic heterocycles. The predicted octanol–water partition coefficient (Wildman–Crippen LogP) is -0.862. The van der Waals surface area contributed by atoms with Gasteiger partial charge < -0.3 is 20.5 Å². The maximum Gasteiger partial charge on any atom is 0.404 e. The van der Waals surface area contributed by atoms with Crippen LogP contribution in [0.4, 0.5) is 10.5 Å². The Labute approximate surface area is 169 Å². The molecule has 4 N–H and O–H groups in total. The SMILES string of the molecule is NC(=O)OCCOCC(=O)Nc1cccc2c1C(=O)N(C1CCC(=O)NC1=O)C2=O. The first-order chi connectivity index (χ1) is 14.3. The summed E-state index contributed by atoms with van der Waals surface area (Å²) in [5, 5.41) is 4.60. The number of piperidine rings is 1. The molecule has 2 aliphatic rings. The third-order valence-electron chi connectivity index (χ3n) is 4.45. The van der Waals surface area contributed by atoms with Crippen LogP contribution >= 0.6 is 0 Å².